The molecule has 7 heteroatoms. The molecule has 15 heavy (non-hydrogen) atoms. The summed E-state index contributed by atoms with van der Waals surface area (Å²) in [5.74, 6) is 0.0399. The molecule has 0 aromatic carbocycles. The van der Waals surface area contributed by atoms with E-state index in [9.17, 15) is 4.79 Å². The van der Waals surface area contributed by atoms with Gasteiger partial charge < -0.3 is 4.90 Å². The van der Waals surface area contributed by atoms with Crippen LogP contribution in [0.4, 0.5) is 0 Å². The van der Waals surface area contributed by atoms with Crippen molar-refractivity contribution in [3.8, 4) is 0 Å². The van der Waals surface area contributed by atoms with Gasteiger partial charge in [-0.25, -0.2) is 4.68 Å². The summed E-state index contributed by atoms with van der Waals surface area (Å²) in [6.07, 6.45) is 0. The summed E-state index contributed by atoms with van der Waals surface area (Å²) >= 11 is 6.37. The number of halogens is 2. The molecule has 0 N–H and O–H groups in total. The van der Waals surface area contributed by atoms with Crippen LogP contribution in [-0.4, -0.2) is 38.7 Å². The summed E-state index contributed by atoms with van der Waals surface area (Å²) < 4.78 is 2.54. The van der Waals surface area contributed by atoms with Crippen LogP contribution in [0.25, 0.3) is 0 Å². The van der Waals surface area contributed by atoms with Crippen molar-refractivity contribution in [1.82, 2.24) is 19.7 Å². The molecule has 0 unspecified atom stereocenters. The molecular weight excluding hydrogens is 328 g/mol. The van der Waals surface area contributed by atoms with Gasteiger partial charge in [-0.1, -0.05) is 0 Å². The zero-order chi connectivity index (χ0) is 11.4. The Hall–Kier alpha value is -0.430. The van der Waals surface area contributed by atoms with E-state index in [4.69, 9.17) is 0 Å². The molecule has 5 nitrogen and oxygen atoms in total. The van der Waals surface area contributed by atoms with Crippen LogP contribution in [0.1, 0.15) is 13.8 Å². The van der Waals surface area contributed by atoms with Gasteiger partial charge in [-0.3, -0.25) is 4.79 Å². The zero-order valence-electron chi connectivity index (χ0n) is 8.57. The molecule has 0 saturated heterocycles. The lowest BCUT2D eigenvalue weighted by atomic mass is 10.4. The Balaban J connectivity index is 2.69. The van der Waals surface area contributed by atoms with E-state index in [0.717, 1.165) is 0 Å². The van der Waals surface area contributed by atoms with Crippen LogP contribution in [0.2, 0.25) is 0 Å². The number of carbonyl (C=O) groups excluding carboxylic acids is 1. The lowest BCUT2D eigenvalue weighted by Gasteiger charge is -2.18. The van der Waals surface area contributed by atoms with Gasteiger partial charge in [0.15, 0.2) is 4.73 Å². The van der Waals surface area contributed by atoms with Crippen LogP contribution in [-0.2, 0) is 11.3 Å². The van der Waals surface area contributed by atoms with Crippen LogP contribution in [0, 0.1) is 0 Å². The molecule has 0 spiro atoms. The summed E-state index contributed by atoms with van der Waals surface area (Å²) in [6, 6.07) is 0. The first kappa shape index (κ1) is 12.6. The lowest BCUT2D eigenvalue weighted by molar-refractivity contribution is -0.131. The third-order valence-electron chi connectivity index (χ3n) is 2.00. The largest absolute Gasteiger partial charge is 0.342 e. The molecule has 0 aliphatic rings. The Bertz CT molecular complexity index is 348. The molecular formula is C8H12Br2N4O. The van der Waals surface area contributed by atoms with Gasteiger partial charge in [0.2, 0.25) is 10.6 Å². The quantitative estimate of drug-likeness (QED) is 0.838. The van der Waals surface area contributed by atoms with Crippen molar-refractivity contribution in [2.24, 2.45) is 0 Å². The first-order valence-electron chi connectivity index (χ1n) is 4.62. The van der Waals surface area contributed by atoms with Gasteiger partial charge in [-0.05, 0) is 45.7 Å². The van der Waals surface area contributed by atoms with E-state index in [1.165, 1.54) is 4.68 Å². The van der Waals surface area contributed by atoms with Crippen molar-refractivity contribution in [3.63, 3.8) is 0 Å². The fraction of sp³-hybridized carbons (Fsp3) is 0.625. The number of likely N-dealkylation sites (N-methyl/N-ethyl adjacent to an activating group) is 1. The highest BCUT2D eigenvalue weighted by atomic mass is 79.9. The fourth-order valence-electron chi connectivity index (χ4n) is 1.20. The minimum atomic E-state index is 0.0399. The Kier molecular flexibility index (Phi) is 4.72. The van der Waals surface area contributed by atoms with Crippen LogP contribution < -0.4 is 0 Å². The predicted molar refractivity (Wildman–Crippen MR) is 63.4 cm³/mol. The normalized spacial score (nSPS) is 10.4. The summed E-state index contributed by atoms with van der Waals surface area (Å²) in [7, 11) is 0. The van der Waals surface area contributed by atoms with E-state index >= 15 is 0 Å². The maximum atomic E-state index is 11.7. The second-order valence-corrected chi connectivity index (χ2v) is 4.29. The minimum Gasteiger partial charge on any atom is -0.342 e. The predicted octanol–water partition coefficient (Wildman–Crippen LogP) is 1.67. The number of amides is 1. The molecule has 0 aliphatic heterocycles. The molecule has 1 amide bonds. The number of hydrogen-bond donors (Lipinski definition) is 0. The van der Waals surface area contributed by atoms with Crippen molar-refractivity contribution in [2.75, 3.05) is 13.1 Å². The van der Waals surface area contributed by atoms with Gasteiger partial charge in [0.05, 0.1) is 0 Å². The highest BCUT2D eigenvalue weighted by Gasteiger charge is 2.13. The van der Waals surface area contributed by atoms with E-state index in [2.05, 4.69) is 41.9 Å². The molecule has 1 aromatic heterocycles. The molecule has 0 bridgehead atoms. The standard InChI is InChI=1S/C8H12Br2N4O/c1-3-13(4-2)6(15)5-14-8(10)11-7(9)12-14/h3-5H2,1-2H3. The molecule has 0 fully saturated rings. The van der Waals surface area contributed by atoms with Gasteiger partial charge in [0.1, 0.15) is 6.54 Å². The van der Waals surface area contributed by atoms with Crippen molar-refractivity contribution in [2.45, 2.75) is 20.4 Å². The number of rotatable bonds is 4. The summed E-state index contributed by atoms with van der Waals surface area (Å²) in [5.41, 5.74) is 0. The van der Waals surface area contributed by atoms with E-state index in [1.807, 2.05) is 13.8 Å². The van der Waals surface area contributed by atoms with Gasteiger partial charge in [0.25, 0.3) is 0 Å². The van der Waals surface area contributed by atoms with E-state index in [0.29, 0.717) is 22.6 Å². The van der Waals surface area contributed by atoms with E-state index in [1.54, 1.807) is 4.90 Å². The smallest absolute Gasteiger partial charge is 0.244 e. The first-order valence-corrected chi connectivity index (χ1v) is 6.20. The van der Waals surface area contributed by atoms with Crippen LogP contribution in [0.15, 0.2) is 9.47 Å². The maximum absolute atomic E-state index is 11.7. The molecule has 1 aromatic rings. The van der Waals surface area contributed by atoms with E-state index in [-0.39, 0.29) is 12.5 Å². The average molecular weight is 340 g/mol. The monoisotopic (exact) mass is 338 g/mol. The number of nitrogens with zero attached hydrogens (tertiary/aromatic N) is 4. The van der Waals surface area contributed by atoms with Gasteiger partial charge in [-0.15, -0.1) is 5.10 Å². The summed E-state index contributed by atoms with van der Waals surface area (Å²) in [4.78, 5) is 17.5. The van der Waals surface area contributed by atoms with Crippen molar-refractivity contribution < 1.29 is 4.79 Å². The molecule has 0 saturated carbocycles. The minimum absolute atomic E-state index is 0.0399. The summed E-state index contributed by atoms with van der Waals surface area (Å²) in [6.45, 7) is 5.54. The Labute approximate surface area is 105 Å². The van der Waals surface area contributed by atoms with Gasteiger partial charge in [-0.2, -0.15) is 4.98 Å². The molecule has 0 radical (unpaired) electrons. The Morgan fingerprint density at radius 2 is 2.00 bits per heavy atom. The van der Waals surface area contributed by atoms with Crippen molar-refractivity contribution in [1.29, 1.82) is 0 Å². The SMILES string of the molecule is CCN(CC)C(=O)Cn1nc(Br)nc1Br. The second kappa shape index (κ2) is 5.60. The average Bonchev–Trinajstić information content (AvgIpc) is 2.47. The molecule has 84 valence electrons. The highest BCUT2D eigenvalue weighted by Crippen LogP contribution is 2.11. The number of hydrogen-bond acceptors (Lipinski definition) is 3. The van der Waals surface area contributed by atoms with Gasteiger partial charge in [0, 0.05) is 13.1 Å². The van der Waals surface area contributed by atoms with Gasteiger partial charge >= 0.3 is 0 Å². The molecule has 1 heterocycles. The first-order chi connectivity index (χ1) is 7.08. The van der Waals surface area contributed by atoms with Crippen molar-refractivity contribution in [3.05, 3.63) is 9.47 Å². The zero-order valence-corrected chi connectivity index (χ0v) is 11.7. The number of aromatic nitrogens is 3. The maximum Gasteiger partial charge on any atom is 0.244 e. The molecule has 1 rings (SSSR count). The van der Waals surface area contributed by atoms with Crippen LogP contribution >= 0.6 is 31.9 Å². The third-order valence-corrected chi connectivity index (χ3v) is 2.92. The molecule has 0 atom stereocenters. The van der Waals surface area contributed by atoms with Crippen molar-refractivity contribution >= 4 is 37.8 Å². The summed E-state index contributed by atoms with van der Waals surface area (Å²) in [5, 5.41) is 4.03. The highest BCUT2D eigenvalue weighted by molar-refractivity contribution is 9.11. The Morgan fingerprint density at radius 1 is 1.40 bits per heavy atom. The molecule has 0 aliphatic carbocycles. The topological polar surface area (TPSA) is 51.0 Å². The number of carbonyl (C=O) groups is 1. The fourth-order valence-corrected chi connectivity index (χ4v) is 2.17. The van der Waals surface area contributed by atoms with Crippen LogP contribution in [0.3, 0.4) is 0 Å². The van der Waals surface area contributed by atoms with Crippen LogP contribution in [0.5, 0.6) is 0 Å². The third kappa shape index (κ3) is 3.27. The lowest BCUT2D eigenvalue weighted by Crippen LogP contribution is -2.33. The van der Waals surface area contributed by atoms with E-state index < -0.39 is 0 Å². The Morgan fingerprint density at radius 3 is 2.40 bits per heavy atom. The second-order valence-electron chi connectivity index (χ2n) is 2.87.